The predicted molar refractivity (Wildman–Crippen MR) is 58.2 cm³/mol. The Hall–Kier alpha value is -0.510. The summed E-state index contributed by atoms with van der Waals surface area (Å²) in [4.78, 5) is 22.1. The van der Waals surface area contributed by atoms with Gasteiger partial charge < -0.3 is 4.74 Å². The Bertz CT molecular complexity index is 192. The van der Waals surface area contributed by atoms with Gasteiger partial charge in [0.2, 0.25) is 5.12 Å². The maximum Gasteiger partial charge on any atom is 0.303 e. The van der Waals surface area contributed by atoms with Gasteiger partial charge >= 0.3 is 5.97 Å². The van der Waals surface area contributed by atoms with E-state index in [1.165, 1.54) is 6.92 Å². The van der Waals surface area contributed by atoms with Crippen LogP contribution < -0.4 is 0 Å². The fourth-order valence-electron chi connectivity index (χ4n) is 1.14. The molecule has 4 heteroatoms. The van der Waals surface area contributed by atoms with E-state index in [-0.39, 0.29) is 11.1 Å². The second kappa shape index (κ2) is 7.85. The van der Waals surface area contributed by atoms with Crippen LogP contribution in [0.1, 0.15) is 39.5 Å². The van der Waals surface area contributed by atoms with E-state index in [1.54, 1.807) is 6.26 Å². The summed E-state index contributed by atoms with van der Waals surface area (Å²) in [7, 11) is 0. The molecule has 0 heterocycles. The molecule has 0 aromatic heterocycles. The third-order valence-corrected chi connectivity index (χ3v) is 2.51. The average Bonchev–Trinajstić information content (AvgIpc) is 2.15. The Labute approximate surface area is 89.6 Å². The molecule has 0 saturated carbocycles. The van der Waals surface area contributed by atoms with Crippen LogP contribution >= 0.6 is 11.8 Å². The smallest absolute Gasteiger partial charge is 0.303 e. The molecule has 0 saturated heterocycles. The van der Waals surface area contributed by atoms with E-state index in [0.717, 1.165) is 31.0 Å². The number of hydrogen-bond donors (Lipinski definition) is 0. The highest BCUT2D eigenvalue weighted by molar-refractivity contribution is 8.13. The van der Waals surface area contributed by atoms with Gasteiger partial charge in [-0.15, -0.1) is 0 Å². The molecule has 0 aromatic rings. The molecule has 0 spiro atoms. The highest BCUT2D eigenvalue weighted by Gasteiger charge is 2.19. The number of hydrogen-bond acceptors (Lipinski definition) is 4. The molecular formula is C10H18O3S. The largest absolute Gasteiger partial charge is 0.454 e. The molecule has 1 unspecified atom stereocenters. The maximum atomic E-state index is 11.3. The van der Waals surface area contributed by atoms with Gasteiger partial charge in [0.15, 0.2) is 6.10 Å². The molecule has 0 aliphatic rings. The van der Waals surface area contributed by atoms with Crippen LogP contribution in [-0.4, -0.2) is 23.4 Å². The van der Waals surface area contributed by atoms with Crippen molar-refractivity contribution in [3.63, 3.8) is 0 Å². The number of esters is 1. The van der Waals surface area contributed by atoms with Crippen molar-refractivity contribution in [2.75, 3.05) is 6.26 Å². The van der Waals surface area contributed by atoms with E-state index in [2.05, 4.69) is 6.92 Å². The average molecular weight is 218 g/mol. The number of carbonyl (C=O) groups excluding carboxylic acids is 2. The van der Waals surface area contributed by atoms with Crippen molar-refractivity contribution in [1.29, 1.82) is 0 Å². The number of carbonyl (C=O) groups is 2. The summed E-state index contributed by atoms with van der Waals surface area (Å²) in [6.45, 7) is 3.43. The summed E-state index contributed by atoms with van der Waals surface area (Å²) in [6.07, 6.45) is 4.90. The summed E-state index contributed by atoms with van der Waals surface area (Å²) in [5, 5.41) is -0.0590. The maximum absolute atomic E-state index is 11.3. The Morgan fingerprint density at radius 3 is 2.43 bits per heavy atom. The number of ether oxygens (including phenoxy) is 1. The first-order chi connectivity index (χ1) is 6.61. The first kappa shape index (κ1) is 13.5. The fraction of sp³-hybridized carbons (Fsp3) is 0.800. The van der Waals surface area contributed by atoms with Crippen molar-refractivity contribution in [3.05, 3.63) is 0 Å². The Morgan fingerprint density at radius 2 is 2.00 bits per heavy atom. The molecule has 0 amide bonds. The Morgan fingerprint density at radius 1 is 1.36 bits per heavy atom. The lowest BCUT2D eigenvalue weighted by Gasteiger charge is -2.13. The Balaban J connectivity index is 3.97. The molecule has 0 fully saturated rings. The zero-order chi connectivity index (χ0) is 11.0. The van der Waals surface area contributed by atoms with Crippen molar-refractivity contribution in [3.8, 4) is 0 Å². The zero-order valence-electron chi connectivity index (χ0n) is 9.04. The molecule has 0 aromatic carbocycles. The van der Waals surface area contributed by atoms with Crippen LogP contribution in [0.5, 0.6) is 0 Å². The topological polar surface area (TPSA) is 43.4 Å². The van der Waals surface area contributed by atoms with Crippen LogP contribution in [0.15, 0.2) is 0 Å². The minimum absolute atomic E-state index is 0.0590. The molecule has 3 nitrogen and oxygen atoms in total. The van der Waals surface area contributed by atoms with Crippen molar-refractivity contribution in [2.45, 2.75) is 45.6 Å². The van der Waals surface area contributed by atoms with Gasteiger partial charge in [-0.25, -0.2) is 0 Å². The van der Waals surface area contributed by atoms with E-state index >= 15 is 0 Å². The van der Waals surface area contributed by atoms with E-state index < -0.39 is 6.10 Å². The molecule has 0 radical (unpaired) electrons. The van der Waals surface area contributed by atoms with Gasteiger partial charge in [-0.05, 0) is 19.1 Å². The summed E-state index contributed by atoms with van der Waals surface area (Å²) in [6, 6.07) is 0. The van der Waals surface area contributed by atoms with E-state index in [9.17, 15) is 9.59 Å². The number of unbranched alkanes of at least 4 members (excludes halogenated alkanes) is 2. The van der Waals surface area contributed by atoms with Crippen LogP contribution in [-0.2, 0) is 14.3 Å². The van der Waals surface area contributed by atoms with Crippen molar-refractivity contribution in [2.24, 2.45) is 0 Å². The predicted octanol–water partition coefficient (Wildman–Crippen LogP) is 2.39. The fourth-order valence-corrected chi connectivity index (χ4v) is 1.57. The minimum Gasteiger partial charge on any atom is -0.454 e. The summed E-state index contributed by atoms with van der Waals surface area (Å²) in [5.74, 6) is -0.381. The minimum atomic E-state index is -0.547. The van der Waals surface area contributed by atoms with Gasteiger partial charge in [0.05, 0.1) is 0 Å². The van der Waals surface area contributed by atoms with Crippen molar-refractivity contribution < 1.29 is 14.3 Å². The van der Waals surface area contributed by atoms with E-state index in [4.69, 9.17) is 4.74 Å². The molecule has 0 N–H and O–H groups in total. The van der Waals surface area contributed by atoms with Gasteiger partial charge in [-0.1, -0.05) is 31.5 Å². The lowest BCUT2D eigenvalue weighted by molar-refractivity contribution is -0.150. The summed E-state index contributed by atoms with van der Waals surface area (Å²) >= 11 is 1.12. The molecule has 82 valence electrons. The first-order valence-electron chi connectivity index (χ1n) is 4.86. The highest BCUT2D eigenvalue weighted by atomic mass is 32.2. The quantitative estimate of drug-likeness (QED) is 0.507. The van der Waals surface area contributed by atoms with Crippen LogP contribution in [0.3, 0.4) is 0 Å². The van der Waals surface area contributed by atoms with Gasteiger partial charge in [0.1, 0.15) is 0 Å². The molecule has 0 bridgehead atoms. The van der Waals surface area contributed by atoms with E-state index in [1.807, 2.05) is 0 Å². The molecule has 0 rings (SSSR count). The number of rotatable bonds is 6. The van der Waals surface area contributed by atoms with Crippen molar-refractivity contribution in [1.82, 2.24) is 0 Å². The van der Waals surface area contributed by atoms with Crippen molar-refractivity contribution >= 4 is 22.8 Å². The molecule has 0 aliphatic heterocycles. The third kappa shape index (κ3) is 6.02. The van der Waals surface area contributed by atoms with Crippen LogP contribution in [0.4, 0.5) is 0 Å². The van der Waals surface area contributed by atoms with Crippen LogP contribution in [0.25, 0.3) is 0 Å². The lowest BCUT2D eigenvalue weighted by Crippen LogP contribution is -2.23. The zero-order valence-corrected chi connectivity index (χ0v) is 9.86. The normalized spacial score (nSPS) is 12.2. The lowest BCUT2D eigenvalue weighted by atomic mass is 10.1. The highest BCUT2D eigenvalue weighted by Crippen LogP contribution is 2.13. The third-order valence-electron chi connectivity index (χ3n) is 1.84. The SMILES string of the molecule is CCCCCC(OC(C)=O)C(=O)SC. The number of thioether (sulfide) groups is 1. The van der Waals surface area contributed by atoms with Crippen LogP contribution in [0, 0.1) is 0 Å². The van der Waals surface area contributed by atoms with Gasteiger partial charge in [-0.3, -0.25) is 9.59 Å². The second-order valence-corrected chi connectivity index (χ2v) is 3.93. The molecule has 14 heavy (non-hydrogen) atoms. The first-order valence-corrected chi connectivity index (χ1v) is 6.09. The summed E-state index contributed by atoms with van der Waals surface area (Å²) < 4.78 is 4.94. The molecular weight excluding hydrogens is 200 g/mol. The van der Waals surface area contributed by atoms with Gasteiger partial charge in [0.25, 0.3) is 0 Å². The summed E-state index contributed by atoms with van der Waals surface area (Å²) in [5.41, 5.74) is 0. The molecule has 1 atom stereocenters. The second-order valence-electron chi connectivity index (χ2n) is 3.12. The van der Waals surface area contributed by atoms with E-state index in [0.29, 0.717) is 6.42 Å². The Kier molecular flexibility index (Phi) is 7.57. The van der Waals surface area contributed by atoms with Gasteiger partial charge in [-0.2, -0.15) is 0 Å². The molecule has 0 aliphatic carbocycles. The standard InChI is InChI=1S/C10H18O3S/c1-4-5-6-7-9(10(12)14-3)13-8(2)11/h9H,4-7H2,1-3H3. The van der Waals surface area contributed by atoms with Gasteiger partial charge in [0, 0.05) is 6.92 Å². The monoisotopic (exact) mass is 218 g/mol. The van der Waals surface area contributed by atoms with Crippen LogP contribution in [0.2, 0.25) is 0 Å².